The lowest BCUT2D eigenvalue weighted by Gasteiger charge is -2.02. The zero-order valence-corrected chi connectivity index (χ0v) is 15.9. The van der Waals surface area contributed by atoms with Crippen LogP contribution in [0, 0.1) is 0 Å². The van der Waals surface area contributed by atoms with Crippen LogP contribution in [0.4, 0.5) is 0 Å². The number of benzene rings is 2. The van der Waals surface area contributed by atoms with E-state index in [0.29, 0.717) is 0 Å². The molecule has 2 heterocycles. The molecule has 5 heteroatoms. The van der Waals surface area contributed by atoms with Gasteiger partial charge in [0.15, 0.2) is 0 Å². The van der Waals surface area contributed by atoms with Gasteiger partial charge in [-0.2, -0.15) is 0 Å². The summed E-state index contributed by atoms with van der Waals surface area (Å²) in [4.78, 5) is 7.98. The number of aromatic amines is 1. The Balaban J connectivity index is 1.24. The molecule has 2 aromatic carbocycles. The standard InChI is InChI=1S/C21H20BrN3O/c22-16-9-7-15(8-10-16)20-12-11-17(26-20)14-23-13-3-6-21-24-18-4-1-2-5-19(18)25-21/h1-2,4-5,7-12,23H,3,6,13-14H2,(H,24,25). The van der Waals surface area contributed by atoms with Crippen LogP contribution in [0.5, 0.6) is 0 Å². The lowest BCUT2D eigenvalue weighted by Crippen LogP contribution is -2.15. The van der Waals surface area contributed by atoms with E-state index in [9.17, 15) is 0 Å². The summed E-state index contributed by atoms with van der Waals surface area (Å²) < 4.78 is 6.99. The Hall–Kier alpha value is -2.37. The third kappa shape index (κ3) is 4.06. The third-order valence-corrected chi connectivity index (χ3v) is 4.82. The fourth-order valence-corrected chi connectivity index (χ4v) is 3.22. The second kappa shape index (κ2) is 7.89. The van der Waals surface area contributed by atoms with E-state index in [0.717, 1.165) is 64.3 Å². The van der Waals surface area contributed by atoms with E-state index in [1.807, 2.05) is 54.6 Å². The smallest absolute Gasteiger partial charge is 0.134 e. The minimum Gasteiger partial charge on any atom is -0.460 e. The van der Waals surface area contributed by atoms with Gasteiger partial charge in [-0.15, -0.1) is 0 Å². The van der Waals surface area contributed by atoms with Crippen molar-refractivity contribution in [3.05, 3.63) is 76.7 Å². The highest BCUT2D eigenvalue weighted by Crippen LogP contribution is 2.23. The van der Waals surface area contributed by atoms with Crippen LogP contribution in [-0.4, -0.2) is 16.5 Å². The van der Waals surface area contributed by atoms with Gasteiger partial charge in [0.25, 0.3) is 0 Å². The van der Waals surface area contributed by atoms with Gasteiger partial charge in [-0.3, -0.25) is 0 Å². The van der Waals surface area contributed by atoms with Gasteiger partial charge in [0.1, 0.15) is 17.3 Å². The Kier molecular flexibility index (Phi) is 5.18. The van der Waals surface area contributed by atoms with Crippen LogP contribution in [0.3, 0.4) is 0 Å². The first-order valence-electron chi connectivity index (χ1n) is 8.77. The maximum atomic E-state index is 5.92. The van der Waals surface area contributed by atoms with Crippen LogP contribution in [0.2, 0.25) is 0 Å². The lowest BCUT2D eigenvalue weighted by molar-refractivity contribution is 0.490. The Morgan fingerprint density at radius 2 is 1.85 bits per heavy atom. The van der Waals surface area contributed by atoms with Crippen LogP contribution in [0.1, 0.15) is 18.0 Å². The Morgan fingerprint density at radius 1 is 1.00 bits per heavy atom. The van der Waals surface area contributed by atoms with Crippen molar-refractivity contribution in [1.82, 2.24) is 15.3 Å². The first-order valence-corrected chi connectivity index (χ1v) is 9.56. The molecule has 0 unspecified atom stereocenters. The summed E-state index contributed by atoms with van der Waals surface area (Å²) in [5.74, 6) is 2.90. The number of halogens is 1. The zero-order chi connectivity index (χ0) is 17.8. The molecule has 0 spiro atoms. The summed E-state index contributed by atoms with van der Waals surface area (Å²) in [5.41, 5.74) is 3.22. The van der Waals surface area contributed by atoms with E-state index in [1.54, 1.807) is 0 Å². The molecule has 0 saturated carbocycles. The van der Waals surface area contributed by atoms with Gasteiger partial charge < -0.3 is 14.7 Å². The topological polar surface area (TPSA) is 53.9 Å². The molecule has 0 aliphatic rings. The Bertz CT molecular complexity index is 955. The van der Waals surface area contributed by atoms with E-state index in [1.165, 1.54) is 0 Å². The highest BCUT2D eigenvalue weighted by molar-refractivity contribution is 9.10. The molecule has 2 N–H and O–H groups in total. The maximum absolute atomic E-state index is 5.92. The molecular formula is C21H20BrN3O. The second-order valence-corrected chi connectivity index (χ2v) is 7.17. The van der Waals surface area contributed by atoms with Crippen LogP contribution in [-0.2, 0) is 13.0 Å². The van der Waals surface area contributed by atoms with Gasteiger partial charge in [-0.25, -0.2) is 4.98 Å². The summed E-state index contributed by atoms with van der Waals surface area (Å²) in [5, 5.41) is 3.44. The number of para-hydroxylation sites is 2. The van der Waals surface area contributed by atoms with E-state index < -0.39 is 0 Å². The Labute approximate surface area is 160 Å². The van der Waals surface area contributed by atoms with Crippen molar-refractivity contribution in [2.45, 2.75) is 19.4 Å². The molecular weight excluding hydrogens is 390 g/mol. The summed E-state index contributed by atoms with van der Waals surface area (Å²) in [6.45, 7) is 1.65. The average molecular weight is 410 g/mol. The quantitative estimate of drug-likeness (QED) is 0.406. The van der Waals surface area contributed by atoms with Crippen molar-refractivity contribution >= 4 is 27.0 Å². The minimum absolute atomic E-state index is 0.733. The normalized spacial score (nSPS) is 11.3. The predicted octanol–water partition coefficient (Wildman–Crippen LogP) is 5.31. The van der Waals surface area contributed by atoms with E-state index >= 15 is 0 Å². The monoisotopic (exact) mass is 409 g/mol. The molecule has 0 aliphatic carbocycles. The summed E-state index contributed by atoms with van der Waals surface area (Å²) in [7, 11) is 0. The van der Waals surface area contributed by atoms with Crippen molar-refractivity contribution in [3.63, 3.8) is 0 Å². The van der Waals surface area contributed by atoms with Crippen LogP contribution in [0.15, 0.2) is 69.6 Å². The van der Waals surface area contributed by atoms with Crippen molar-refractivity contribution in [2.75, 3.05) is 6.54 Å². The van der Waals surface area contributed by atoms with E-state index in [-0.39, 0.29) is 0 Å². The average Bonchev–Trinajstić information content (AvgIpc) is 3.28. The number of fused-ring (bicyclic) bond motifs is 1. The molecule has 4 rings (SSSR count). The number of imidazole rings is 1. The number of hydrogen-bond donors (Lipinski definition) is 2. The lowest BCUT2D eigenvalue weighted by atomic mass is 10.2. The van der Waals surface area contributed by atoms with Crippen molar-refractivity contribution in [1.29, 1.82) is 0 Å². The first kappa shape index (κ1) is 17.1. The predicted molar refractivity (Wildman–Crippen MR) is 108 cm³/mol. The Morgan fingerprint density at radius 3 is 2.69 bits per heavy atom. The molecule has 132 valence electrons. The number of rotatable bonds is 7. The van der Waals surface area contributed by atoms with Gasteiger partial charge in [-0.05, 0) is 49.4 Å². The molecule has 0 amide bonds. The van der Waals surface area contributed by atoms with Crippen molar-refractivity contribution < 1.29 is 4.42 Å². The van der Waals surface area contributed by atoms with Gasteiger partial charge >= 0.3 is 0 Å². The second-order valence-electron chi connectivity index (χ2n) is 6.25. The molecule has 26 heavy (non-hydrogen) atoms. The van der Waals surface area contributed by atoms with Gasteiger partial charge in [-0.1, -0.05) is 40.2 Å². The molecule has 2 aromatic heterocycles. The minimum atomic E-state index is 0.733. The van der Waals surface area contributed by atoms with Crippen molar-refractivity contribution in [2.24, 2.45) is 0 Å². The number of nitrogens with zero attached hydrogens (tertiary/aromatic N) is 1. The van der Waals surface area contributed by atoms with Crippen molar-refractivity contribution in [3.8, 4) is 11.3 Å². The number of furan rings is 1. The van der Waals surface area contributed by atoms with Gasteiger partial charge in [0.05, 0.1) is 17.6 Å². The van der Waals surface area contributed by atoms with E-state index in [2.05, 4.69) is 37.3 Å². The molecule has 0 aliphatic heterocycles. The van der Waals surface area contributed by atoms with E-state index in [4.69, 9.17) is 4.42 Å². The molecule has 0 radical (unpaired) electrons. The highest BCUT2D eigenvalue weighted by Gasteiger charge is 2.05. The summed E-state index contributed by atoms with van der Waals surface area (Å²) in [6, 6.07) is 20.3. The molecule has 0 bridgehead atoms. The molecule has 4 aromatic rings. The van der Waals surface area contributed by atoms with Gasteiger partial charge in [0.2, 0.25) is 0 Å². The molecule has 0 saturated heterocycles. The van der Waals surface area contributed by atoms with Crippen LogP contribution in [0.25, 0.3) is 22.4 Å². The molecule has 0 atom stereocenters. The molecule has 0 fully saturated rings. The SMILES string of the molecule is Brc1ccc(-c2ccc(CNCCCc3nc4ccccc4[nH]3)o2)cc1. The zero-order valence-electron chi connectivity index (χ0n) is 14.3. The summed E-state index contributed by atoms with van der Waals surface area (Å²) >= 11 is 3.45. The summed E-state index contributed by atoms with van der Waals surface area (Å²) in [6.07, 6.45) is 1.96. The third-order valence-electron chi connectivity index (χ3n) is 4.30. The fraction of sp³-hybridized carbons (Fsp3) is 0.190. The van der Waals surface area contributed by atoms with Crippen LogP contribution >= 0.6 is 15.9 Å². The first-order chi connectivity index (χ1) is 12.8. The maximum Gasteiger partial charge on any atom is 0.134 e. The number of H-pyrrole nitrogens is 1. The fourth-order valence-electron chi connectivity index (χ4n) is 2.96. The van der Waals surface area contributed by atoms with Crippen LogP contribution < -0.4 is 5.32 Å². The molecule has 4 nitrogen and oxygen atoms in total. The number of nitrogens with one attached hydrogen (secondary N) is 2. The number of aryl methyl sites for hydroxylation is 1. The number of hydrogen-bond acceptors (Lipinski definition) is 3. The van der Waals surface area contributed by atoms with Gasteiger partial charge in [0, 0.05) is 16.5 Å². The largest absolute Gasteiger partial charge is 0.460 e. The number of aromatic nitrogens is 2. The highest BCUT2D eigenvalue weighted by atomic mass is 79.9.